The minimum Gasteiger partial charge on any atom is -0.496 e. The number of carbonyl (C=O) groups is 2. The van der Waals surface area contributed by atoms with E-state index in [-0.39, 0.29) is 12.4 Å². The Kier molecular flexibility index (Phi) is 5.14. The van der Waals surface area contributed by atoms with E-state index in [2.05, 4.69) is 5.32 Å². The zero-order valence-corrected chi connectivity index (χ0v) is 12.5. The highest BCUT2D eigenvalue weighted by molar-refractivity contribution is 6.02. The molecular weight excluding hydrogens is 282 g/mol. The molecule has 2 rings (SSSR count). The first-order valence-corrected chi connectivity index (χ1v) is 6.77. The number of ether oxygens (including phenoxy) is 2. The molecule has 0 unspecified atom stereocenters. The molecule has 2 aromatic carbocycles. The van der Waals surface area contributed by atoms with E-state index in [4.69, 9.17) is 9.47 Å². The third-order valence-corrected chi connectivity index (χ3v) is 3.16. The molecule has 0 amide bonds. The Morgan fingerprint density at radius 2 is 1.64 bits per heavy atom. The first kappa shape index (κ1) is 15.6. The second-order valence-electron chi connectivity index (χ2n) is 4.50. The van der Waals surface area contributed by atoms with Crippen LogP contribution in [0.3, 0.4) is 0 Å². The predicted molar refractivity (Wildman–Crippen MR) is 83.6 cm³/mol. The molecule has 0 spiro atoms. The average molecular weight is 299 g/mol. The van der Waals surface area contributed by atoms with E-state index in [0.29, 0.717) is 22.6 Å². The number of carbonyl (C=O) groups excluding carboxylic acids is 2. The van der Waals surface area contributed by atoms with Gasteiger partial charge in [0.1, 0.15) is 5.75 Å². The largest absolute Gasteiger partial charge is 0.496 e. The summed E-state index contributed by atoms with van der Waals surface area (Å²) in [5.41, 5.74) is 1.43. The lowest BCUT2D eigenvalue weighted by Crippen LogP contribution is -2.16. The topological polar surface area (TPSA) is 64.6 Å². The first-order valence-electron chi connectivity index (χ1n) is 6.77. The SMILES string of the molecule is CNc1ccccc1C(=O)OCC(=O)c1ccccc1OC. The van der Waals surface area contributed by atoms with Crippen molar-refractivity contribution in [1.29, 1.82) is 0 Å². The number of Topliss-reactive ketones (excluding diaryl/α,β-unsaturated/α-hetero) is 1. The van der Waals surface area contributed by atoms with Crippen LogP contribution < -0.4 is 10.1 Å². The number of ketones is 1. The molecule has 0 aromatic heterocycles. The molecule has 0 aliphatic heterocycles. The maximum atomic E-state index is 12.1. The minimum absolute atomic E-state index is 0.312. The summed E-state index contributed by atoms with van der Waals surface area (Å²) in [6.45, 7) is -0.336. The van der Waals surface area contributed by atoms with Crippen LogP contribution in [-0.2, 0) is 4.74 Å². The van der Waals surface area contributed by atoms with E-state index in [1.54, 1.807) is 49.5 Å². The van der Waals surface area contributed by atoms with Crippen molar-refractivity contribution in [2.75, 3.05) is 26.1 Å². The van der Waals surface area contributed by atoms with Crippen LogP contribution in [0.4, 0.5) is 5.69 Å². The molecule has 5 heteroatoms. The number of methoxy groups -OCH3 is 1. The molecule has 0 radical (unpaired) electrons. The van der Waals surface area contributed by atoms with Crippen molar-refractivity contribution >= 4 is 17.4 Å². The number of rotatable bonds is 6. The van der Waals surface area contributed by atoms with Crippen molar-refractivity contribution in [1.82, 2.24) is 0 Å². The Labute approximate surface area is 128 Å². The zero-order valence-electron chi connectivity index (χ0n) is 12.5. The van der Waals surface area contributed by atoms with Crippen LogP contribution >= 0.6 is 0 Å². The number of esters is 1. The summed E-state index contributed by atoms with van der Waals surface area (Å²) in [7, 11) is 3.20. The van der Waals surface area contributed by atoms with Crippen molar-refractivity contribution in [3.05, 3.63) is 59.7 Å². The van der Waals surface area contributed by atoms with Gasteiger partial charge >= 0.3 is 5.97 Å². The van der Waals surface area contributed by atoms with Gasteiger partial charge in [0.2, 0.25) is 5.78 Å². The van der Waals surface area contributed by atoms with Crippen molar-refractivity contribution in [2.24, 2.45) is 0 Å². The van der Waals surface area contributed by atoms with Crippen molar-refractivity contribution < 1.29 is 19.1 Å². The Bertz CT molecular complexity index is 622. The molecule has 2 aromatic rings. The number of nitrogens with one attached hydrogen (secondary N) is 1. The third kappa shape index (κ3) is 3.44. The summed E-state index contributed by atoms with van der Waals surface area (Å²) < 4.78 is 10.2. The van der Waals surface area contributed by atoms with E-state index >= 15 is 0 Å². The van der Waals surface area contributed by atoms with E-state index in [1.807, 2.05) is 6.07 Å². The second kappa shape index (κ2) is 7.26. The predicted octanol–water partition coefficient (Wildman–Crippen LogP) is 2.78. The van der Waals surface area contributed by atoms with Gasteiger partial charge < -0.3 is 14.8 Å². The molecule has 0 fully saturated rings. The summed E-state index contributed by atoms with van der Waals surface area (Å²) in [5.74, 6) is -0.403. The van der Waals surface area contributed by atoms with Gasteiger partial charge in [-0.1, -0.05) is 24.3 Å². The molecular formula is C17H17NO4. The van der Waals surface area contributed by atoms with E-state index in [1.165, 1.54) is 7.11 Å². The maximum absolute atomic E-state index is 12.1. The van der Waals surface area contributed by atoms with Crippen molar-refractivity contribution in [3.8, 4) is 5.75 Å². The second-order valence-corrected chi connectivity index (χ2v) is 4.50. The fourth-order valence-corrected chi connectivity index (χ4v) is 2.04. The molecule has 0 aliphatic rings. The van der Waals surface area contributed by atoms with Gasteiger partial charge in [-0.15, -0.1) is 0 Å². The summed E-state index contributed by atoms with van der Waals surface area (Å²) in [5, 5.41) is 2.91. The van der Waals surface area contributed by atoms with Gasteiger partial charge in [0.05, 0.1) is 18.2 Å². The van der Waals surface area contributed by atoms with Gasteiger partial charge in [-0.2, -0.15) is 0 Å². The third-order valence-electron chi connectivity index (χ3n) is 3.16. The summed E-state index contributed by atoms with van der Waals surface area (Å²) in [6, 6.07) is 13.8. The Hall–Kier alpha value is -2.82. The summed E-state index contributed by atoms with van der Waals surface area (Å²) in [6.07, 6.45) is 0. The Morgan fingerprint density at radius 1 is 1.00 bits per heavy atom. The summed E-state index contributed by atoms with van der Waals surface area (Å²) in [4.78, 5) is 24.2. The molecule has 0 bridgehead atoms. The van der Waals surface area contributed by atoms with E-state index in [9.17, 15) is 9.59 Å². The van der Waals surface area contributed by atoms with Crippen LogP contribution in [0.5, 0.6) is 5.75 Å². The number of hydrogen-bond donors (Lipinski definition) is 1. The van der Waals surface area contributed by atoms with E-state index < -0.39 is 5.97 Å². The highest BCUT2D eigenvalue weighted by Gasteiger charge is 2.16. The van der Waals surface area contributed by atoms with Gasteiger partial charge in [0, 0.05) is 12.7 Å². The minimum atomic E-state index is -0.548. The fourth-order valence-electron chi connectivity index (χ4n) is 2.04. The fraction of sp³-hybridized carbons (Fsp3) is 0.176. The first-order chi connectivity index (χ1) is 10.7. The molecule has 1 N–H and O–H groups in total. The lowest BCUT2D eigenvalue weighted by Gasteiger charge is -2.10. The number of para-hydroxylation sites is 2. The maximum Gasteiger partial charge on any atom is 0.340 e. The Balaban J connectivity index is 2.06. The van der Waals surface area contributed by atoms with Gasteiger partial charge in [-0.05, 0) is 24.3 Å². The average Bonchev–Trinajstić information content (AvgIpc) is 2.59. The van der Waals surface area contributed by atoms with Gasteiger partial charge in [0.25, 0.3) is 0 Å². The molecule has 22 heavy (non-hydrogen) atoms. The van der Waals surface area contributed by atoms with Crippen LogP contribution in [0.25, 0.3) is 0 Å². The van der Waals surface area contributed by atoms with E-state index in [0.717, 1.165) is 0 Å². The quantitative estimate of drug-likeness (QED) is 0.656. The highest BCUT2D eigenvalue weighted by atomic mass is 16.5. The number of hydrogen-bond acceptors (Lipinski definition) is 5. The summed E-state index contributed by atoms with van der Waals surface area (Å²) >= 11 is 0. The van der Waals surface area contributed by atoms with Gasteiger partial charge in [-0.25, -0.2) is 4.79 Å². The molecule has 0 atom stereocenters. The van der Waals surface area contributed by atoms with Gasteiger partial charge in [-0.3, -0.25) is 4.79 Å². The molecule has 114 valence electrons. The van der Waals surface area contributed by atoms with Crippen molar-refractivity contribution in [3.63, 3.8) is 0 Å². The monoisotopic (exact) mass is 299 g/mol. The Morgan fingerprint density at radius 3 is 2.32 bits per heavy atom. The van der Waals surface area contributed by atoms with Crippen LogP contribution in [0.2, 0.25) is 0 Å². The molecule has 5 nitrogen and oxygen atoms in total. The lowest BCUT2D eigenvalue weighted by atomic mass is 10.1. The number of anilines is 1. The normalized spacial score (nSPS) is 9.91. The van der Waals surface area contributed by atoms with Crippen LogP contribution in [-0.4, -0.2) is 32.5 Å². The molecule has 0 saturated carbocycles. The smallest absolute Gasteiger partial charge is 0.340 e. The number of benzene rings is 2. The lowest BCUT2D eigenvalue weighted by molar-refractivity contribution is 0.0475. The molecule has 0 aliphatic carbocycles. The van der Waals surface area contributed by atoms with Crippen LogP contribution in [0.15, 0.2) is 48.5 Å². The standard InChI is InChI=1S/C17H17NO4/c1-18-14-9-5-3-7-12(14)17(20)22-11-15(19)13-8-4-6-10-16(13)21-2/h3-10,18H,11H2,1-2H3. The van der Waals surface area contributed by atoms with Crippen LogP contribution in [0, 0.1) is 0 Å². The zero-order chi connectivity index (χ0) is 15.9. The molecule has 0 heterocycles. The molecule has 0 saturated heterocycles. The van der Waals surface area contributed by atoms with Gasteiger partial charge in [0.15, 0.2) is 6.61 Å². The van der Waals surface area contributed by atoms with Crippen molar-refractivity contribution in [2.45, 2.75) is 0 Å². The highest BCUT2D eigenvalue weighted by Crippen LogP contribution is 2.19. The van der Waals surface area contributed by atoms with Crippen LogP contribution in [0.1, 0.15) is 20.7 Å².